The summed E-state index contributed by atoms with van der Waals surface area (Å²) in [5.41, 5.74) is 0.916. The van der Waals surface area contributed by atoms with E-state index >= 15 is 0 Å². The van der Waals surface area contributed by atoms with E-state index in [9.17, 15) is 18.0 Å². The normalized spacial score (nSPS) is 14.4. The van der Waals surface area contributed by atoms with Crippen LogP contribution in [0.25, 0.3) is 0 Å². The summed E-state index contributed by atoms with van der Waals surface area (Å²) in [5, 5.41) is 3.34. The third kappa shape index (κ3) is 7.07. The van der Waals surface area contributed by atoms with Gasteiger partial charge in [0.05, 0.1) is 11.4 Å². The van der Waals surface area contributed by atoms with Crippen LogP contribution in [0, 0.1) is 0 Å². The van der Waals surface area contributed by atoms with Gasteiger partial charge < -0.3 is 19.7 Å². The van der Waals surface area contributed by atoms with E-state index < -0.39 is 28.5 Å². The molecule has 3 rings (SSSR count). The van der Waals surface area contributed by atoms with Crippen molar-refractivity contribution < 1.29 is 27.5 Å². The second kappa shape index (κ2) is 12.5. The fraction of sp³-hybridized carbons (Fsp3) is 0.462. The number of sulfonamides is 1. The molecule has 0 aliphatic carbocycles. The van der Waals surface area contributed by atoms with Gasteiger partial charge in [-0.15, -0.1) is 0 Å². The summed E-state index contributed by atoms with van der Waals surface area (Å²) in [6.45, 7) is 7.23. The molecule has 202 valence electrons. The van der Waals surface area contributed by atoms with Gasteiger partial charge in [-0.3, -0.25) is 13.9 Å². The predicted molar refractivity (Wildman–Crippen MR) is 144 cm³/mol. The standard InChI is InChI=1S/C26H34ClN3O6S/c1-5-18(3)28-26(32)19(4)29(16-20-9-7-8-10-22(20)27)25(31)17-30(37(33,34)6-2)21-11-12-23-24(15-21)36-14-13-35-23/h7-12,15,18-19H,5-6,13-14,16-17H2,1-4H3,(H,28,32)/t18-,19-/m1/s1. The lowest BCUT2D eigenvalue weighted by atomic mass is 10.1. The number of nitrogens with one attached hydrogen (secondary N) is 1. The topological polar surface area (TPSA) is 105 Å². The maximum atomic E-state index is 13.7. The maximum absolute atomic E-state index is 13.7. The van der Waals surface area contributed by atoms with Crippen LogP contribution < -0.4 is 19.1 Å². The molecule has 0 aromatic heterocycles. The van der Waals surface area contributed by atoms with Gasteiger partial charge in [0.1, 0.15) is 25.8 Å². The summed E-state index contributed by atoms with van der Waals surface area (Å²) in [4.78, 5) is 28.1. The van der Waals surface area contributed by atoms with Gasteiger partial charge in [0, 0.05) is 23.7 Å². The van der Waals surface area contributed by atoms with E-state index in [-0.39, 0.29) is 29.9 Å². The van der Waals surface area contributed by atoms with Crippen molar-refractivity contribution in [1.82, 2.24) is 10.2 Å². The second-order valence-corrected chi connectivity index (χ2v) is 11.4. The zero-order chi connectivity index (χ0) is 27.2. The molecular weight excluding hydrogens is 518 g/mol. The first-order valence-corrected chi connectivity index (χ1v) is 14.3. The number of benzene rings is 2. The highest BCUT2D eigenvalue weighted by atomic mass is 35.5. The molecular formula is C26H34ClN3O6S. The van der Waals surface area contributed by atoms with E-state index in [1.807, 2.05) is 13.8 Å². The minimum Gasteiger partial charge on any atom is -0.486 e. The highest BCUT2D eigenvalue weighted by Gasteiger charge is 2.32. The van der Waals surface area contributed by atoms with Gasteiger partial charge in [-0.2, -0.15) is 0 Å². The number of nitrogens with zero attached hydrogens (tertiary/aromatic N) is 2. The number of carbonyl (C=O) groups excluding carboxylic acids is 2. The van der Waals surface area contributed by atoms with Crippen LogP contribution in [0.5, 0.6) is 11.5 Å². The SMILES string of the molecule is CC[C@@H](C)NC(=O)[C@@H](C)N(Cc1ccccc1Cl)C(=O)CN(c1ccc2c(c1)OCCO2)S(=O)(=O)CC. The van der Waals surface area contributed by atoms with Crippen LogP contribution in [-0.2, 0) is 26.2 Å². The molecule has 0 fully saturated rings. The van der Waals surface area contributed by atoms with Gasteiger partial charge in [-0.25, -0.2) is 8.42 Å². The molecule has 2 aromatic carbocycles. The van der Waals surface area contributed by atoms with Crippen LogP contribution in [-0.4, -0.2) is 62.7 Å². The summed E-state index contributed by atoms with van der Waals surface area (Å²) >= 11 is 6.36. The van der Waals surface area contributed by atoms with Gasteiger partial charge in [-0.05, 0) is 51.0 Å². The molecule has 0 spiro atoms. The Kier molecular flexibility index (Phi) is 9.67. The number of hydrogen-bond acceptors (Lipinski definition) is 6. The molecule has 11 heteroatoms. The van der Waals surface area contributed by atoms with Crippen molar-refractivity contribution in [3.63, 3.8) is 0 Å². The molecule has 0 unspecified atom stereocenters. The van der Waals surface area contributed by atoms with Crippen molar-refractivity contribution >= 4 is 39.1 Å². The van der Waals surface area contributed by atoms with Crippen molar-refractivity contribution in [2.75, 3.05) is 29.8 Å². The number of halogens is 1. The van der Waals surface area contributed by atoms with Crippen LogP contribution in [0.15, 0.2) is 42.5 Å². The first-order valence-electron chi connectivity index (χ1n) is 12.3. The van der Waals surface area contributed by atoms with E-state index in [0.29, 0.717) is 35.3 Å². The largest absolute Gasteiger partial charge is 0.486 e. The first kappa shape index (κ1) is 28.6. The van der Waals surface area contributed by atoms with E-state index in [4.69, 9.17) is 21.1 Å². The fourth-order valence-corrected chi connectivity index (χ4v) is 5.01. The molecule has 37 heavy (non-hydrogen) atoms. The zero-order valence-corrected chi connectivity index (χ0v) is 23.1. The molecule has 0 saturated heterocycles. The monoisotopic (exact) mass is 551 g/mol. The number of carbonyl (C=O) groups is 2. The van der Waals surface area contributed by atoms with Gasteiger partial charge in [-0.1, -0.05) is 36.7 Å². The lowest BCUT2D eigenvalue weighted by Crippen LogP contribution is -2.52. The molecule has 0 radical (unpaired) electrons. The lowest BCUT2D eigenvalue weighted by molar-refractivity contribution is -0.139. The average molecular weight is 552 g/mol. The summed E-state index contributed by atoms with van der Waals surface area (Å²) in [7, 11) is -3.86. The Balaban J connectivity index is 1.95. The Morgan fingerprint density at radius 1 is 1.05 bits per heavy atom. The van der Waals surface area contributed by atoms with Crippen LogP contribution in [0.3, 0.4) is 0 Å². The third-order valence-electron chi connectivity index (χ3n) is 6.26. The Labute approximate surface area is 223 Å². The van der Waals surface area contributed by atoms with Crippen molar-refractivity contribution in [3.05, 3.63) is 53.1 Å². The highest BCUT2D eigenvalue weighted by Crippen LogP contribution is 2.35. The average Bonchev–Trinajstić information content (AvgIpc) is 2.90. The molecule has 9 nitrogen and oxygen atoms in total. The molecule has 2 aromatic rings. The van der Waals surface area contributed by atoms with E-state index in [1.165, 1.54) is 11.8 Å². The van der Waals surface area contributed by atoms with Gasteiger partial charge in [0.25, 0.3) is 0 Å². The Morgan fingerprint density at radius 2 is 1.73 bits per heavy atom. The number of ether oxygens (including phenoxy) is 2. The number of fused-ring (bicyclic) bond motifs is 1. The van der Waals surface area contributed by atoms with Crippen molar-refractivity contribution in [1.29, 1.82) is 0 Å². The molecule has 1 aliphatic rings. The second-order valence-electron chi connectivity index (χ2n) is 8.84. The van der Waals surface area contributed by atoms with Crippen LogP contribution in [0.4, 0.5) is 5.69 Å². The Bertz CT molecular complexity index is 1220. The molecule has 1 aliphatic heterocycles. The van der Waals surface area contributed by atoms with Crippen LogP contribution in [0.1, 0.15) is 39.7 Å². The quantitative estimate of drug-likeness (QED) is 0.457. The summed E-state index contributed by atoms with van der Waals surface area (Å²) in [5.74, 6) is -0.186. The fourth-order valence-electron chi connectivity index (χ4n) is 3.77. The lowest BCUT2D eigenvalue weighted by Gasteiger charge is -2.32. The van der Waals surface area contributed by atoms with Crippen molar-refractivity contribution in [2.45, 2.75) is 52.7 Å². The van der Waals surface area contributed by atoms with Gasteiger partial charge >= 0.3 is 0 Å². The maximum Gasteiger partial charge on any atom is 0.244 e. The number of hydrogen-bond donors (Lipinski definition) is 1. The number of anilines is 1. The number of rotatable bonds is 11. The molecule has 2 atom stereocenters. The Hall–Kier alpha value is -2.98. The number of amides is 2. The van der Waals surface area contributed by atoms with E-state index in [2.05, 4.69) is 5.32 Å². The summed E-state index contributed by atoms with van der Waals surface area (Å²) in [6.07, 6.45) is 0.726. The molecule has 1 N–H and O–H groups in total. The molecule has 1 heterocycles. The van der Waals surface area contributed by atoms with Gasteiger partial charge in [0.15, 0.2) is 11.5 Å². The molecule has 2 amide bonds. The van der Waals surface area contributed by atoms with E-state index in [1.54, 1.807) is 49.4 Å². The summed E-state index contributed by atoms with van der Waals surface area (Å²) < 4.78 is 38.4. The third-order valence-corrected chi connectivity index (χ3v) is 8.37. The minimum atomic E-state index is -3.86. The predicted octanol–water partition coefficient (Wildman–Crippen LogP) is 3.60. The van der Waals surface area contributed by atoms with E-state index in [0.717, 1.165) is 10.7 Å². The van der Waals surface area contributed by atoms with Gasteiger partial charge in [0.2, 0.25) is 21.8 Å². The van der Waals surface area contributed by atoms with Crippen molar-refractivity contribution in [3.8, 4) is 11.5 Å². The minimum absolute atomic E-state index is 0.0365. The summed E-state index contributed by atoms with van der Waals surface area (Å²) in [6, 6.07) is 10.8. The van der Waals surface area contributed by atoms with Crippen molar-refractivity contribution in [2.24, 2.45) is 0 Å². The highest BCUT2D eigenvalue weighted by molar-refractivity contribution is 7.92. The Morgan fingerprint density at radius 3 is 2.38 bits per heavy atom. The molecule has 0 saturated carbocycles. The molecule has 0 bridgehead atoms. The first-order chi connectivity index (χ1) is 17.6. The van der Waals surface area contributed by atoms with Crippen LogP contribution >= 0.6 is 11.6 Å². The van der Waals surface area contributed by atoms with Crippen LogP contribution in [0.2, 0.25) is 5.02 Å². The zero-order valence-electron chi connectivity index (χ0n) is 21.6. The smallest absolute Gasteiger partial charge is 0.244 e.